The van der Waals surface area contributed by atoms with Crippen LogP contribution < -0.4 is 5.32 Å². The molecule has 7 nitrogen and oxygen atoms in total. The molecule has 1 aromatic carbocycles. The lowest BCUT2D eigenvalue weighted by Crippen LogP contribution is -2.32. The topological polar surface area (TPSA) is 83.9 Å². The van der Waals surface area contributed by atoms with Crippen LogP contribution in [0.25, 0.3) is 11.3 Å². The minimum absolute atomic E-state index is 0.0963. The van der Waals surface area contributed by atoms with Crippen molar-refractivity contribution >= 4 is 17.4 Å². The molecule has 158 valence electrons. The number of benzene rings is 1. The van der Waals surface area contributed by atoms with Crippen LogP contribution >= 0.6 is 0 Å². The van der Waals surface area contributed by atoms with Crippen molar-refractivity contribution in [2.75, 3.05) is 11.9 Å². The summed E-state index contributed by atoms with van der Waals surface area (Å²) < 4.78 is 0. The number of nitrogens with zero attached hydrogens (tertiary/aromatic N) is 5. The maximum absolute atomic E-state index is 13.1. The number of amides is 1. The van der Waals surface area contributed by atoms with E-state index in [4.69, 9.17) is 9.97 Å². The molecule has 0 bridgehead atoms. The van der Waals surface area contributed by atoms with Gasteiger partial charge in [-0.2, -0.15) is 0 Å². The van der Waals surface area contributed by atoms with Gasteiger partial charge in [0.05, 0.1) is 11.7 Å². The summed E-state index contributed by atoms with van der Waals surface area (Å²) in [4.78, 5) is 33.1. The number of carbonyl (C=O) groups excluding carboxylic acids is 1. The second-order valence-corrected chi connectivity index (χ2v) is 7.60. The molecule has 0 radical (unpaired) electrons. The molecule has 5 rings (SSSR count). The molecular formula is C25H22N6O. The zero-order chi connectivity index (χ0) is 21.8. The van der Waals surface area contributed by atoms with Gasteiger partial charge in [-0.1, -0.05) is 24.3 Å². The van der Waals surface area contributed by atoms with E-state index in [1.54, 1.807) is 30.7 Å². The summed E-state index contributed by atoms with van der Waals surface area (Å²) in [6, 6.07) is 20.8. The monoisotopic (exact) mass is 422 g/mol. The van der Waals surface area contributed by atoms with Crippen LogP contribution in [0.4, 0.5) is 11.5 Å². The molecule has 7 heteroatoms. The molecule has 0 unspecified atom stereocenters. The highest BCUT2D eigenvalue weighted by Crippen LogP contribution is 2.33. The van der Waals surface area contributed by atoms with Crippen LogP contribution in [0.1, 0.15) is 35.2 Å². The summed E-state index contributed by atoms with van der Waals surface area (Å²) in [7, 11) is 0. The van der Waals surface area contributed by atoms with E-state index in [2.05, 4.69) is 15.3 Å². The number of likely N-dealkylation sites (tertiary alicyclic amines) is 1. The fraction of sp³-hybridized carbons (Fsp3) is 0.160. The Morgan fingerprint density at radius 3 is 2.62 bits per heavy atom. The number of hydrogen-bond donors (Lipinski definition) is 1. The van der Waals surface area contributed by atoms with Gasteiger partial charge in [0.2, 0.25) is 0 Å². The van der Waals surface area contributed by atoms with Crippen LogP contribution in [-0.4, -0.2) is 37.3 Å². The molecule has 4 heterocycles. The summed E-state index contributed by atoms with van der Waals surface area (Å²) >= 11 is 0. The van der Waals surface area contributed by atoms with Crippen molar-refractivity contribution < 1.29 is 4.79 Å². The molecule has 1 aliphatic heterocycles. The van der Waals surface area contributed by atoms with Crippen molar-refractivity contribution in [1.82, 2.24) is 24.8 Å². The number of para-hydroxylation sites is 1. The molecule has 1 aliphatic rings. The third-order valence-electron chi connectivity index (χ3n) is 5.44. The van der Waals surface area contributed by atoms with Crippen LogP contribution in [-0.2, 0) is 0 Å². The Hall–Kier alpha value is -4.13. The average Bonchev–Trinajstić information content (AvgIpc) is 3.35. The Balaban J connectivity index is 1.53. The van der Waals surface area contributed by atoms with Crippen LogP contribution in [0.5, 0.6) is 0 Å². The largest absolute Gasteiger partial charge is 0.340 e. The van der Waals surface area contributed by atoms with Gasteiger partial charge in [0.25, 0.3) is 5.91 Å². The SMILES string of the molecule is O=C(c1ccccn1)N1CCC[C@@H]1c1nc(Nc2ccccc2)cc(-c2cccnc2)n1. The van der Waals surface area contributed by atoms with Gasteiger partial charge in [0.15, 0.2) is 5.82 Å². The predicted octanol–water partition coefficient (Wildman–Crippen LogP) is 4.65. The van der Waals surface area contributed by atoms with Crippen molar-refractivity contribution in [3.63, 3.8) is 0 Å². The smallest absolute Gasteiger partial charge is 0.273 e. The molecule has 0 aliphatic carbocycles. The van der Waals surface area contributed by atoms with Gasteiger partial charge in [0, 0.05) is 42.5 Å². The molecule has 32 heavy (non-hydrogen) atoms. The van der Waals surface area contributed by atoms with E-state index in [9.17, 15) is 4.79 Å². The fourth-order valence-corrected chi connectivity index (χ4v) is 3.93. The lowest BCUT2D eigenvalue weighted by atomic mass is 10.1. The van der Waals surface area contributed by atoms with Crippen LogP contribution in [0.2, 0.25) is 0 Å². The number of carbonyl (C=O) groups is 1. The van der Waals surface area contributed by atoms with E-state index in [-0.39, 0.29) is 11.9 Å². The number of pyridine rings is 2. The molecule has 1 fully saturated rings. The van der Waals surface area contributed by atoms with Crippen molar-refractivity contribution in [2.45, 2.75) is 18.9 Å². The average molecular weight is 422 g/mol. The van der Waals surface area contributed by atoms with E-state index >= 15 is 0 Å². The van der Waals surface area contributed by atoms with Gasteiger partial charge in [-0.15, -0.1) is 0 Å². The van der Waals surface area contributed by atoms with E-state index in [0.29, 0.717) is 23.9 Å². The summed E-state index contributed by atoms with van der Waals surface area (Å²) in [5, 5.41) is 3.37. The van der Waals surface area contributed by atoms with Crippen molar-refractivity contribution in [1.29, 1.82) is 0 Å². The first-order chi connectivity index (χ1) is 15.8. The van der Waals surface area contributed by atoms with Crippen molar-refractivity contribution in [3.8, 4) is 11.3 Å². The minimum Gasteiger partial charge on any atom is -0.340 e. The first-order valence-electron chi connectivity index (χ1n) is 10.6. The number of nitrogens with one attached hydrogen (secondary N) is 1. The van der Waals surface area contributed by atoms with E-state index < -0.39 is 0 Å². The van der Waals surface area contributed by atoms with Crippen molar-refractivity contribution in [2.24, 2.45) is 0 Å². The van der Waals surface area contributed by atoms with Gasteiger partial charge in [-0.25, -0.2) is 9.97 Å². The minimum atomic E-state index is -0.211. The Morgan fingerprint density at radius 1 is 0.969 bits per heavy atom. The highest BCUT2D eigenvalue weighted by atomic mass is 16.2. The maximum atomic E-state index is 13.1. The summed E-state index contributed by atoms with van der Waals surface area (Å²) in [5.74, 6) is 1.20. The lowest BCUT2D eigenvalue weighted by Gasteiger charge is -2.24. The molecule has 0 saturated carbocycles. The molecule has 4 aromatic rings. The Kier molecular flexibility index (Phi) is 5.53. The highest BCUT2D eigenvalue weighted by molar-refractivity contribution is 5.92. The zero-order valence-corrected chi connectivity index (χ0v) is 17.4. The van der Waals surface area contributed by atoms with Crippen molar-refractivity contribution in [3.05, 3.63) is 96.8 Å². The Labute approximate surface area is 186 Å². The van der Waals surface area contributed by atoms with Gasteiger partial charge in [-0.3, -0.25) is 14.8 Å². The molecule has 1 N–H and O–H groups in total. The highest BCUT2D eigenvalue weighted by Gasteiger charge is 2.33. The first-order valence-corrected chi connectivity index (χ1v) is 10.6. The Morgan fingerprint density at radius 2 is 1.84 bits per heavy atom. The van der Waals surface area contributed by atoms with E-state index in [1.807, 2.05) is 59.5 Å². The molecule has 1 atom stereocenters. The number of rotatable bonds is 5. The molecule has 1 saturated heterocycles. The van der Waals surface area contributed by atoms with Gasteiger partial charge < -0.3 is 10.2 Å². The standard InChI is InChI=1S/C25H22N6O/c32-25(20-11-4-5-14-27-20)31-15-7-12-22(31)24-29-21(18-8-6-13-26-17-18)16-23(30-24)28-19-9-2-1-3-10-19/h1-6,8-11,13-14,16-17,22H,7,12,15H2,(H,28,29,30)/t22-/m1/s1. The van der Waals surface area contributed by atoms with Crippen LogP contribution in [0, 0.1) is 0 Å². The molecule has 0 spiro atoms. The third-order valence-corrected chi connectivity index (χ3v) is 5.44. The zero-order valence-electron chi connectivity index (χ0n) is 17.4. The van der Waals surface area contributed by atoms with Crippen LogP contribution in [0.3, 0.4) is 0 Å². The van der Waals surface area contributed by atoms with Crippen LogP contribution in [0.15, 0.2) is 85.3 Å². The maximum Gasteiger partial charge on any atom is 0.273 e. The second kappa shape index (κ2) is 8.93. The number of hydrogen-bond acceptors (Lipinski definition) is 6. The molecular weight excluding hydrogens is 400 g/mol. The van der Waals surface area contributed by atoms with Gasteiger partial charge >= 0.3 is 0 Å². The molecule has 1 amide bonds. The summed E-state index contributed by atoms with van der Waals surface area (Å²) in [6.07, 6.45) is 6.85. The Bertz CT molecular complexity index is 1200. The van der Waals surface area contributed by atoms with Gasteiger partial charge in [0.1, 0.15) is 11.5 Å². The fourth-order valence-electron chi connectivity index (χ4n) is 3.93. The van der Waals surface area contributed by atoms with E-state index in [1.165, 1.54) is 0 Å². The van der Waals surface area contributed by atoms with E-state index in [0.717, 1.165) is 29.8 Å². The summed E-state index contributed by atoms with van der Waals surface area (Å²) in [5.41, 5.74) is 3.03. The predicted molar refractivity (Wildman–Crippen MR) is 122 cm³/mol. The number of aromatic nitrogens is 4. The first kappa shape index (κ1) is 19.8. The van der Waals surface area contributed by atoms with Gasteiger partial charge in [-0.05, 0) is 49.2 Å². The number of anilines is 2. The third kappa shape index (κ3) is 4.18. The lowest BCUT2D eigenvalue weighted by molar-refractivity contribution is 0.0724. The molecule has 3 aromatic heterocycles. The summed E-state index contributed by atoms with van der Waals surface area (Å²) in [6.45, 7) is 0.655. The second-order valence-electron chi connectivity index (χ2n) is 7.60. The normalized spacial score (nSPS) is 15.5. The quantitative estimate of drug-likeness (QED) is 0.504.